The number of Topliss-reactive ketones (excluding diaryl/α,β-unsaturated/α-hetero) is 1. The third-order valence-electron chi connectivity index (χ3n) is 4.20. The fraction of sp³-hybridized carbons (Fsp3) is 0.167. The third kappa shape index (κ3) is 5.94. The van der Waals surface area contributed by atoms with Gasteiger partial charge in [0.15, 0.2) is 11.5 Å². The number of carbonyl (C=O) groups excluding carboxylic acids is 2. The van der Waals surface area contributed by atoms with E-state index in [4.69, 9.17) is 9.47 Å². The zero-order valence-electron chi connectivity index (χ0n) is 16.3. The van der Waals surface area contributed by atoms with Gasteiger partial charge in [0.25, 0.3) is 0 Å². The van der Waals surface area contributed by atoms with Gasteiger partial charge < -0.3 is 14.8 Å². The van der Waals surface area contributed by atoms with E-state index in [1.54, 1.807) is 24.3 Å². The number of hydrogen-bond donors (Lipinski definition) is 1. The molecule has 0 radical (unpaired) electrons. The number of hydrogen-bond acceptors (Lipinski definition) is 4. The molecule has 29 heavy (non-hydrogen) atoms. The molecule has 0 aliphatic carbocycles. The SMILES string of the molecule is CCOc1ccc(Oc2ccccc2NC(=O)CCC(=O)c2ccccc2)cc1. The maximum absolute atomic E-state index is 12.3. The Morgan fingerprint density at radius 1 is 0.793 bits per heavy atom. The van der Waals surface area contributed by atoms with Gasteiger partial charge >= 0.3 is 0 Å². The lowest BCUT2D eigenvalue weighted by molar-refractivity contribution is -0.116. The van der Waals surface area contributed by atoms with E-state index in [-0.39, 0.29) is 24.5 Å². The lowest BCUT2D eigenvalue weighted by Crippen LogP contribution is -2.14. The normalized spacial score (nSPS) is 10.2. The smallest absolute Gasteiger partial charge is 0.224 e. The molecule has 3 aromatic rings. The molecule has 3 rings (SSSR count). The summed E-state index contributed by atoms with van der Waals surface area (Å²) in [5.41, 5.74) is 1.16. The van der Waals surface area contributed by atoms with E-state index >= 15 is 0 Å². The van der Waals surface area contributed by atoms with Gasteiger partial charge in [-0.25, -0.2) is 0 Å². The Morgan fingerprint density at radius 3 is 2.17 bits per heavy atom. The summed E-state index contributed by atoms with van der Waals surface area (Å²) in [5, 5.41) is 2.83. The number of benzene rings is 3. The van der Waals surface area contributed by atoms with Crippen LogP contribution in [0.5, 0.6) is 17.2 Å². The Kier molecular flexibility index (Phi) is 7.00. The summed E-state index contributed by atoms with van der Waals surface area (Å²) in [5.74, 6) is 1.63. The van der Waals surface area contributed by atoms with Crippen molar-refractivity contribution in [3.63, 3.8) is 0 Å². The van der Waals surface area contributed by atoms with Gasteiger partial charge in [-0.05, 0) is 43.3 Å². The Morgan fingerprint density at radius 2 is 1.45 bits per heavy atom. The van der Waals surface area contributed by atoms with E-state index < -0.39 is 0 Å². The quantitative estimate of drug-likeness (QED) is 0.492. The minimum Gasteiger partial charge on any atom is -0.494 e. The van der Waals surface area contributed by atoms with Gasteiger partial charge in [0.1, 0.15) is 11.5 Å². The maximum Gasteiger partial charge on any atom is 0.224 e. The van der Waals surface area contributed by atoms with Crippen molar-refractivity contribution in [1.82, 2.24) is 0 Å². The molecule has 5 heteroatoms. The van der Waals surface area contributed by atoms with Crippen LogP contribution in [0.25, 0.3) is 0 Å². The highest BCUT2D eigenvalue weighted by Gasteiger charge is 2.12. The molecule has 0 saturated carbocycles. The second-order valence-corrected chi connectivity index (χ2v) is 6.34. The first kappa shape index (κ1) is 20.1. The summed E-state index contributed by atoms with van der Waals surface area (Å²) in [7, 11) is 0. The van der Waals surface area contributed by atoms with Crippen molar-refractivity contribution in [1.29, 1.82) is 0 Å². The molecule has 0 unspecified atom stereocenters. The summed E-state index contributed by atoms with van der Waals surface area (Å²) in [6.07, 6.45) is 0.253. The van der Waals surface area contributed by atoms with Crippen molar-refractivity contribution in [2.45, 2.75) is 19.8 Å². The lowest BCUT2D eigenvalue weighted by Gasteiger charge is -2.12. The van der Waals surface area contributed by atoms with Gasteiger partial charge in [0.05, 0.1) is 12.3 Å². The van der Waals surface area contributed by atoms with E-state index in [0.717, 1.165) is 5.75 Å². The van der Waals surface area contributed by atoms with E-state index in [1.807, 2.05) is 61.5 Å². The Bertz CT molecular complexity index is 952. The number of para-hydroxylation sites is 2. The van der Waals surface area contributed by atoms with Gasteiger partial charge in [-0.2, -0.15) is 0 Å². The topological polar surface area (TPSA) is 64.6 Å². The molecule has 0 saturated heterocycles. The third-order valence-corrected chi connectivity index (χ3v) is 4.20. The second-order valence-electron chi connectivity index (χ2n) is 6.34. The number of ketones is 1. The number of nitrogens with one attached hydrogen (secondary N) is 1. The zero-order valence-corrected chi connectivity index (χ0v) is 16.3. The van der Waals surface area contributed by atoms with Crippen LogP contribution in [0.1, 0.15) is 30.1 Å². The van der Waals surface area contributed by atoms with Crippen LogP contribution in [0.15, 0.2) is 78.9 Å². The number of carbonyl (C=O) groups is 2. The van der Waals surface area contributed by atoms with Crippen LogP contribution in [0.3, 0.4) is 0 Å². The summed E-state index contributed by atoms with van der Waals surface area (Å²) >= 11 is 0. The monoisotopic (exact) mass is 389 g/mol. The number of rotatable bonds is 9. The predicted octanol–water partition coefficient (Wildman–Crippen LogP) is 5.48. The van der Waals surface area contributed by atoms with Crippen LogP contribution in [0.2, 0.25) is 0 Å². The molecule has 5 nitrogen and oxygen atoms in total. The lowest BCUT2D eigenvalue weighted by atomic mass is 10.1. The van der Waals surface area contributed by atoms with Crippen LogP contribution in [-0.4, -0.2) is 18.3 Å². The second kappa shape index (κ2) is 10.1. The first-order valence-corrected chi connectivity index (χ1v) is 9.53. The highest BCUT2D eigenvalue weighted by atomic mass is 16.5. The Labute approximate surface area is 170 Å². The average Bonchev–Trinajstić information content (AvgIpc) is 2.75. The van der Waals surface area contributed by atoms with E-state index in [9.17, 15) is 9.59 Å². The fourth-order valence-corrected chi connectivity index (χ4v) is 2.76. The van der Waals surface area contributed by atoms with Gasteiger partial charge in [-0.3, -0.25) is 9.59 Å². The van der Waals surface area contributed by atoms with Crippen molar-refractivity contribution in [3.8, 4) is 17.2 Å². The molecule has 0 heterocycles. The van der Waals surface area contributed by atoms with Crippen molar-refractivity contribution in [3.05, 3.63) is 84.4 Å². The summed E-state index contributed by atoms with van der Waals surface area (Å²) in [4.78, 5) is 24.5. The first-order chi connectivity index (χ1) is 14.2. The molecule has 0 aliphatic heterocycles. The summed E-state index contributed by atoms with van der Waals surface area (Å²) < 4.78 is 11.3. The molecule has 3 aromatic carbocycles. The first-order valence-electron chi connectivity index (χ1n) is 9.53. The Balaban J connectivity index is 1.59. The van der Waals surface area contributed by atoms with E-state index in [2.05, 4.69) is 5.32 Å². The molecular formula is C24H23NO4. The van der Waals surface area contributed by atoms with Gasteiger partial charge in [-0.15, -0.1) is 0 Å². The molecule has 148 valence electrons. The van der Waals surface area contributed by atoms with E-state index in [1.165, 1.54) is 0 Å². The molecule has 1 amide bonds. The molecule has 0 aromatic heterocycles. The van der Waals surface area contributed by atoms with Gasteiger partial charge in [-0.1, -0.05) is 42.5 Å². The molecule has 0 fully saturated rings. The molecule has 1 N–H and O–H groups in total. The molecule has 0 bridgehead atoms. The van der Waals surface area contributed by atoms with Crippen LogP contribution < -0.4 is 14.8 Å². The summed E-state index contributed by atoms with van der Waals surface area (Å²) in [6.45, 7) is 2.53. The molecule has 0 spiro atoms. The predicted molar refractivity (Wildman–Crippen MR) is 113 cm³/mol. The zero-order chi connectivity index (χ0) is 20.5. The average molecular weight is 389 g/mol. The largest absolute Gasteiger partial charge is 0.494 e. The van der Waals surface area contributed by atoms with E-state index in [0.29, 0.717) is 29.4 Å². The number of anilines is 1. The maximum atomic E-state index is 12.3. The molecule has 0 aliphatic rings. The van der Waals surface area contributed by atoms with Crippen LogP contribution in [-0.2, 0) is 4.79 Å². The highest BCUT2D eigenvalue weighted by molar-refractivity contribution is 6.00. The summed E-state index contributed by atoms with van der Waals surface area (Å²) in [6, 6.07) is 23.4. The minimum absolute atomic E-state index is 0.0559. The molecular weight excluding hydrogens is 366 g/mol. The van der Waals surface area contributed by atoms with Crippen molar-refractivity contribution in [2.24, 2.45) is 0 Å². The van der Waals surface area contributed by atoms with Crippen LogP contribution in [0.4, 0.5) is 5.69 Å². The molecule has 0 atom stereocenters. The Hall–Kier alpha value is -3.60. The van der Waals surface area contributed by atoms with Crippen molar-refractivity contribution < 1.29 is 19.1 Å². The fourth-order valence-electron chi connectivity index (χ4n) is 2.76. The number of amides is 1. The minimum atomic E-state index is -0.239. The number of ether oxygens (including phenoxy) is 2. The van der Waals surface area contributed by atoms with Crippen LogP contribution in [0, 0.1) is 0 Å². The standard InChI is InChI=1S/C24H23NO4/c1-2-28-19-12-14-20(15-13-19)29-23-11-7-6-10-21(23)25-24(27)17-16-22(26)18-8-4-3-5-9-18/h3-15H,2,16-17H2,1H3,(H,25,27). The van der Waals surface area contributed by atoms with Crippen molar-refractivity contribution >= 4 is 17.4 Å². The van der Waals surface area contributed by atoms with Gasteiger partial charge in [0, 0.05) is 18.4 Å². The van der Waals surface area contributed by atoms with Crippen LogP contribution >= 0.6 is 0 Å². The van der Waals surface area contributed by atoms with Gasteiger partial charge in [0.2, 0.25) is 5.91 Å². The highest BCUT2D eigenvalue weighted by Crippen LogP contribution is 2.30. The van der Waals surface area contributed by atoms with Crippen molar-refractivity contribution in [2.75, 3.05) is 11.9 Å².